The fourth-order valence-corrected chi connectivity index (χ4v) is 4.91. The molecule has 1 amide bonds. The molecule has 1 heterocycles. The molecule has 1 atom stereocenters. The van der Waals surface area contributed by atoms with Gasteiger partial charge in [-0.2, -0.15) is 17.5 Å². The second-order valence-corrected chi connectivity index (χ2v) is 8.74. The molecule has 0 bridgehead atoms. The summed E-state index contributed by atoms with van der Waals surface area (Å²) in [6, 6.07) is 8.12. The number of benzene rings is 2. The van der Waals surface area contributed by atoms with Crippen molar-refractivity contribution in [1.82, 2.24) is 4.31 Å². The van der Waals surface area contributed by atoms with Gasteiger partial charge in [0.15, 0.2) is 0 Å². The monoisotopic (exact) mass is 456 g/mol. The van der Waals surface area contributed by atoms with Gasteiger partial charge in [-0.15, -0.1) is 0 Å². The molecule has 1 aliphatic rings. The lowest BCUT2D eigenvalue weighted by molar-refractivity contribution is -0.144. The van der Waals surface area contributed by atoms with Gasteiger partial charge in [-0.05, 0) is 61.4 Å². The molecule has 0 aliphatic carbocycles. The fourth-order valence-electron chi connectivity index (χ4n) is 3.26. The number of alkyl halides is 3. The summed E-state index contributed by atoms with van der Waals surface area (Å²) in [5.74, 6) is -1.27. The lowest BCUT2D eigenvalue weighted by atomic mass is 10.1. The van der Waals surface area contributed by atoms with Crippen molar-refractivity contribution in [2.24, 2.45) is 0 Å². The van der Waals surface area contributed by atoms with E-state index < -0.39 is 39.7 Å². The van der Waals surface area contributed by atoms with Crippen LogP contribution >= 0.6 is 0 Å². The first-order valence-electron chi connectivity index (χ1n) is 9.22. The SMILES string of the molecule is COC(=O)[C@@H]1CCCN1S(=O)(=O)c1ccc(NC(=O)c2ccc(C(F)(F)F)cc2)cc1. The standard InChI is InChI=1S/C20H19F3N2O5S/c1-30-19(27)17-3-2-12-25(17)31(28,29)16-10-8-15(9-11-16)24-18(26)13-4-6-14(7-5-13)20(21,22)23/h4-11,17H,2-3,12H2,1H3,(H,24,26)/t17-/m0/s1. The number of carbonyl (C=O) groups excluding carboxylic acids is 2. The van der Waals surface area contributed by atoms with Gasteiger partial charge in [0.1, 0.15) is 6.04 Å². The van der Waals surface area contributed by atoms with E-state index in [9.17, 15) is 31.2 Å². The van der Waals surface area contributed by atoms with Crippen LogP contribution in [0.15, 0.2) is 53.4 Å². The number of ether oxygens (including phenoxy) is 1. The molecular weight excluding hydrogens is 437 g/mol. The molecule has 31 heavy (non-hydrogen) atoms. The quantitative estimate of drug-likeness (QED) is 0.697. The third kappa shape index (κ3) is 4.88. The Morgan fingerprint density at radius 3 is 2.23 bits per heavy atom. The van der Waals surface area contributed by atoms with E-state index in [1.54, 1.807) is 0 Å². The maximum Gasteiger partial charge on any atom is 0.416 e. The van der Waals surface area contributed by atoms with Gasteiger partial charge in [0.25, 0.3) is 5.91 Å². The number of anilines is 1. The molecule has 2 aromatic rings. The minimum Gasteiger partial charge on any atom is -0.468 e. The number of sulfonamides is 1. The summed E-state index contributed by atoms with van der Waals surface area (Å²) in [5, 5.41) is 2.50. The largest absolute Gasteiger partial charge is 0.468 e. The number of carbonyl (C=O) groups is 2. The molecule has 1 saturated heterocycles. The smallest absolute Gasteiger partial charge is 0.416 e. The van der Waals surface area contributed by atoms with Crippen LogP contribution in [0.3, 0.4) is 0 Å². The van der Waals surface area contributed by atoms with Crippen molar-refractivity contribution in [2.45, 2.75) is 30.0 Å². The molecule has 0 unspecified atom stereocenters. The molecule has 1 N–H and O–H groups in total. The van der Waals surface area contributed by atoms with Crippen molar-refractivity contribution in [3.05, 3.63) is 59.7 Å². The molecular formula is C20H19F3N2O5S. The van der Waals surface area contributed by atoms with E-state index in [1.165, 1.54) is 31.4 Å². The van der Waals surface area contributed by atoms with E-state index in [0.717, 1.165) is 28.6 Å². The molecule has 0 saturated carbocycles. The van der Waals surface area contributed by atoms with Gasteiger partial charge in [0.2, 0.25) is 10.0 Å². The average Bonchev–Trinajstić information content (AvgIpc) is 3.24. The Bertz CT molecular complexity index is 1070. The van der Waals surface area contributed by atoms with Gasteiger partial charge in [0, 0.05) is 17.8 Å². The predicted molar refractivity (Wildman–Crippen MR) is 105 cm³/mol. The fraction of sp³-hybridized carbons (Fsp3) is 0.300. The van der Waals surface area contributed by atoms with E-state index in [1.807, 2.05) is 0 Å². The summed E-state index contributed by atoms with van der Waals surface area (Å²) in [6.45, 7) is 0.189. The maximum atomic E-state index is 12.9. The number of halogens is 3. The topological polar surface area (TPSA) is 92.8 Å². The number of esters is 1. The van der Waals surface area contributed by atoms with Gasteiger partial charge in [0.05, 0.1) is 17.6 Å². The number of methoxy groups -OCH3 is 1. The van der Waals surface area contributed by atoms with Crippen LogP contribution in [-0.2, 0) is 25.7 Å². The number of amides is 1. The van der Waals surface area contributed by atoms with E-state index in [0.29, 0.717) is 12.8 Å². The Kier molecular flexibility index (Phi) is 6.37. The highest BCUT2D eigenvalue weighted by atomic mass is 32.2. The number of rotatable bonds is 5. The van der Waals surface area contributed by atoms with Crippen LogP contribution in [0.25, 0.3) is 0 Å². The number of hydrogen-bond donors (Lipinski definition) is 1. The second kappa shape index (κ2) is 8.67. The average molecular weight is 456 g/mol. The van der Waals surface area contributed by atoms with E-state index in [2.05, 4.69) is 10.1 Å². The van der Waals surface area contributed by atoms with Crippen molar-refractivity contribution in [2.75, 3.05) is 19.0 Å². The summed E-state index contributed by atoms with van der Waals surface area (Å²) in [7, 11) is -2.75. The molecule has 166 valence electrons. The lowest BCUT2D eigenvalue weighted by Gasteiger charge is -2.22. The van der Waals surface area contributed by atoms with Gasteiger partial charge in [-0.25, -0.2) is 8.42 Å². The van der Waals surface area contributed by atoms with Crippen molar-refractivity contribution < 1.29 is 35.9 Å². The van der Waals surface area contributed by atoms with Gasteiger partial charge in [-0.1, -0.05) is 0 Å². The van der Waals surface area contributed by atoms with E-state index in [4.69, 9.17) is 0 Å². The summed E-state index contributed by atoms with van der Waals surface area (Å²) in [6.07, 6.45) is -3.61. The zero-order valence-corrected chi connectivity index (χ0v) is 17.2. The predicted octanol–water partition coefficient (Wildman–Crippen LogP) is 3.28. The van der Waals surface area contributed by atoms with Gasteiger partial charge >= 0.3 is 12.1 Å². The molecule has 1 aliphatic heterocycles. The Hall–Kier alpha value is -2.92. The maximum absolute atomic E-state index is 12.9. The first-order chi connectivity index (χ1) is 14.5. The number of nitrogens with zero attached hydrogens (tertiary/aromatic N) is 1. The van der Waals surface area contributed by atoms with Crippen LogP contribution in [0.1, 0.15) is 28.8 Å². The van der Waals surface area contributed by atoms with Crippen molar-refractivity contribution >= 4 is 27.6 Å². The van der Waals surface area contributed by atoms with Gasteiger partial charge < -0.3 is 10.1 Å². The van der Waals surface area contributed by atoms with Crippen molar-refractivity contribution in [3.63, 3.8) is 0 Å². The van der Waals surface area contributed by atoms with Crippen molar-refractivity contribution in [1.29, 1.82) is 0 Å². The highest BCUT2D eigenvalue weighted by Crippen LogP contribution is 2.30. The Morgan fingerprint density at radius 1 is 1.06 bits per heavy atom. The molecule has 11 heteroatoms. The highest BCUT2D eigenvalue weighted by Gasteiger charge is 2.40. The number of nitrogens with one attached hydrogen (secondary N) is 1. The third-order valence-corrected chi connectivity index (χ3v) is 6.79. The van der Waals surface area contributed by atoms with E-state index >= 15 is 0 Å². The molecule has 1 fully saturated rings. The van der Waals surface area contributed by atoms with Crippen molar-refractivity contribution in [3.8, 4) is 0 Å². The molecule has 0 aromatic heterocycles. The molecule has 0 radical (unpaired) electrons. The minimum absolute atomic E-state index is 0.0164. The zero-order chi connectivity index (χ0) is 22.8. The first kappa shape index (κ1) is 22.8. The number of hydrogen-bond acceptors (Lipinski definition) is 5. The first-order valence-corrected chi connectivity index (χ1v) is 10.7. The highest BCUT2D eigenvalue weighted by molar-refractivity contribution is 7.89. The molecule has 2 aromatic carbocycles. The molecule has 7 nitrogen and oxygen atoms in total. The van der Waals surface area contributed by atoms with Crippen LogP contribution in [0.5, 0.6) is 0 Å². The zero-order valence-electron chi connectivity index (χ0n) is 16.3. The summed E-state index contributed by atoms with van der Waals surface area (Å²) < 4.78 is 69.4. The lowest BCUT2D eigenvalue weighted by Crippen LogP contribution is -2.41. The Balaban J connectivity index is 1.72. The summed E-state index contributed by atoms with van der Waals surface area (Å²) in [5.41, 5.74) is -0.594. The summed E-state index contributed by atoms with van der Waals surface area (Å²) >= 11 is 0. The van der Waals surface area contributed by atoms with Gasteiger partial charge in [-0.3, -0.25) is 9.59 Å². The summed E-state index contributed by atoms with van der Waals surface area (Å²) in [4.78, 5) is 24.0. The molecule has 3 rings (SSSR count). The van der Waals surface area contributed by atoms with Crippen LogP contribution in [0.4, 0.5) is 18.9 Å². The Morgan fingerprint density at radius 2 is 1.68 bits per heavy atom. The second-order valence-electron chi connectivity index (χ2n) is 6.85. The van der Waals surface area contributed by atoms with Crippen LogP contribution in [0.2, 0.25) is 0 Å². The van der Waals surface area contributed by atoms with Crippen LogP contribution in [0, 0.1) is 0 Å². The van der Waals surface area contributed by atoms with E-state index in [-0.39, 0.29) is 22.7 Å². The molecule has 0 spiro atoms. The Labute approximate surface area is 176 Å². The minimum atomic E-state index is -4.50. The normalized spacial score (nSPS) is 17.4. The van der Waals surface area contributed by atoms with Crippen LogP contribution < -0.4 is 5.32 Å². The van der Waals surface area contributed by atoms with Crippen LogP contribution in [-0.4, -0.2) is 44.3 Å². The third-order valence-electron chi connectivity index (χ3n) is 4.87.